The number of ether oxygens (including phenoxy) is 2. The van der Waals surface area contributed by atoms with Gasteiger partial charge in [-0.15, -0.1) is 0 Å². The fraction of sp³-hybridized carbons (Fsp3) is 0.714. The lowest BCUT2D eigenvalue weighted by Crippen LogP contribution is -2.60. The highest BCUT2D eigenvalue weighted by atomic mass is 79.9. The van der Waals surface area contributed by atoms with Crippen LogP contribution in [0.5, 0.6) is 0 Å². The number of halogens is 2. The van der Waals surface area contributed by atoms with E-state index < -0.39 is 54.0 Å². The van der Waals surface area contributed by atoms with Crippen molar-refractivity contribution in [1.29, 1.82) is 0 Å². The molecule has 8 atom stereocenters. The van der Waals surface area contributed by atoms with Crippen molar-refractivity contribution in [2.45, 2.75) is 37.6 Å². The number of hydrogen-bond acceptors (Lipinski definition) is 8. The predicted octanol–water partition coefficient (Wildman–Crippen LogP) is -0.702. The smallest absolute Gasteiger partial charge is 0.335 e. The van der Waals surface area contributed by atoms with Crippen molar-refractivity contribution >= 4 is 43.8 Å². The van der Waals surface area contributed by atoms with Gasteiger partial charge >= 0.3 is 11.9 Å². The first-order chi connectivity index (χ1) is 11.5. The van der Waals surface area contributed by atoms with Crippen molar-refractivity contribution in [2.75, 3.05) is 6.61 Å². The molecule has 9 nitrogen and oxygen atoms in total. The van der Waals surface area contributed by atoms with E-state index in [9.17, 15) is 30.0 Å². The second-order valence-corrected chi connectivity index (χ2v) is 9.07. The van der Waals surface area contributed by atoms with E-state index in [1.54, 1.807) is 13.0 Å². The van der Waals surface area contributed by atoms with Crippen LogP contribution < -0.4 is 0 Å². The van der Waals surface area contributed by atoms with Crippen LogP contribution in [-0.4, -0.2) is 74.8 Å². The molecular weight excluding hydrogens is 472 g/mol. The molecule has 25 heavy (non-hydrogen) atoms. The Balaban J connectivity index is 2.11. The molecule has 0 radical (unpaired) electrons. The Labute approximate surface area is 159 Å². The number of carbonyl (C=O) groups excluding carboxylic acids is 1. The van der Waals surface area contributed by atoms with Crippen LogP contribution in [0.25, 0.3) is 0 Å². The minimum atomic E-state index is -1.87. The van der Waals surface area contributed by atoms with Gasteiger partial charge in [0.1, 0.15) is 18.3 Å². The zero-order valence-electron chi connectivity index (χ0n) is 13.0. The molecule has 1 aliphatic heterocycles. The van der Waals surface area contributed by atoms with Gasteiger partial charge in [-0.1, -0.05) is 13.0 Å². The summed E-state index contributed by atoms with van der Waals surface area (Å²) < 4.78 is 10.5. The van der Waals surface area contributed by atoms with Crippen LogP contribution >= 0.6 is 31.9 Å². The number of esters is 1. The fourth-order valence-electron chi connectivity index (χ4n) is 2.98. The molecule has 11 heteroatoms. The van der Waals surface area contributed by atoms with Crippen LogP contribution in [0.15, 0.2) is 9.47 Å². The summed E-state index contributed by atoms with van der Waals surface area (Å²) in [6, 6.07) is 0. The lowest BCUT2D eigenvalue weighted by Gasteiger charge is -2.38. The van der Waals surface area contributed by atoms with E-state index in [-0.39, 0.29) is 12.5 Å². The summed E-state index contributed by atoms with van der Waals surface area (Å²) in [7, 11) is 0. The minimum Gasteiger partial charge on any atom is -0.479 e. The molecule has 3 unspecified atom stereocenters. The quantitative estimate of drug-likeness (QED) is 0.315. The molecule has 2 aliphatic rings. The summed E-state index contributed by atoms with van der Waals surface area (Å²) in [5, 5.41) is 47.7. The molecule has 0 aromatic carbocycles. The zero-order chi connectivity index (χ0) is 19.1. The third kappa shape index (κ3) is 3.92. The lowest BCUT2D eigenvalue weighted by atomic mass is 9.99. The molecular formula is C14H18Br2O9. The molecule has 1 saturated heterocycles. The zero-order valence-corrected chi connectivity index (χ0v) is 16.1. The van der Waals surface area contributed by atoms with Crippen molar-refractivity contribution < 1.29 is 44.6 Å². The van der Waals surface area contributed by atoms with Gasteiger partial charge in [0.2, 0.25) is 6.29 Å². The van der Waals surface area contributed by atoms with Gasteiger partial charge in [0.15, 0.2) is 6.10 Å². The number of carboxylic acid groups (broad SMARTS) is 1. The number of carbonyl (C=O) groups is 2. The van der Waals surface area contributed by atoms with Gasteiger partial charge in [0, 0.05) is 17.9 Å². The van der Waals surface area contributed by atoms with Gasteiger partial charge < -0.3 is 35.0 Å². The van der Waals surface area contributed by atoms with E-state index in [1.165, 1.54) is 0 Å². The Bertz CT molecular complexity index is 579. The summed E-state index contributed by atoms with van der Waals surface area (Å²) in [5.74, 6) is -3.50. The van der Waals surface area contributed by atoms with Crippen LogP contribution in [0.3, 0.4) is 0 Å². The number of aliphatic hydroxyl groups excluding tert-OH is 4. The number of aliphatic carboxylic acids is 1. The first kappa shape index (κ1) is 20.7. The maximum absolute atomic E-state index is 12.4. The first-order valence-electron chi connectivity index (χ1n) is 7.31. The van der Waals surface area contributed by atoms with E-state index in [4.69, 9.17) is 14.6 Å². The monoisotopic (exact) mass is 488 g/mol. The van der Waals surface area contributed by atoms with Crippen LogP contribution in [0.4, 0.5) is 0 Å². The highest BCUT2D eigenvalue weighted by Crippen LogP contribution is 2.60. The molecule has 2 fully saturated rings. The van der Waals surface area contributed by atoms with Gasteiger partial charge in [-0.2, -0.15) is 0 Å². The summed E-state index contributed by atoms with van der Waals surface area (Å²) >= 11 is 6.34. The van der Waals surface area contributed by atoms with Crippen LogP contribution in [0.2, 0.25) is 0 Å². The number of rotatable bonds is 5. The van der Waals surface area contributed by atoms with E-state index in [0.29, 0.717) is 3.39 Å². The van der Waals surface area contributed by atoms with Gasteiger partial charge in [0.25, 0.3) is 0 Å². The summed E-state index contributed by atoms with van der Waals surface area (Å²) in [5.41, 5.74) is -0.784. The Morgan fingerprint density at radius 3 is 2.28 bits per heavy atom. The van der Waals surface area contributed by atoms with Gasteiger partial charge in [-0.3, -0.25) is 4.79 Å². The van der Waals surface area contributed by atoms with E-state index in [1.807, 2.05) is 0 Å². The molecule has 0 amide bonds. The van der Waals surface area contributed by atoms with Crippen molar-refractivity contribution in [3.63, 3.8) is 0 Å². The summed E-state index contributed by atoms with van der Waals surface area (Å²) in [6.07, 6.45) is -7.49. The maximum atomic E-state index is 12.4. The largest absolute Gasteiger partial charge is 0.479 e. The second kappa shape index (κ2) is 7.59. The molecule has 5 N–H and O–H groups in total. The molecule has 0 aromatic heterocycles. The number of hydrogen-bond donors (Lipinski definition) is 5. The van der Waals surface area contributed by atoms with Crippen molar-refractivity contribution in [1.82, 2.24) is 0 Å². The molecule has 1 aliphatic carbocycles. The third-order valence-corrected chi connectivity index (χ3v) is 5.20. The van der Waals surface area contributed by atoms with Crippen molar-refractivity contribution in [3.8, 4) is 0 Å². The molecule has 1 saturated carbocycles. The number of carboxylic acids is 1. The second-order valence-electron chi connectivity index (χ2n) is 6.30. The van der Waals surface area contributed by atoms with E-state index in [2.05, 4.69) is 31.9 Å². The van der Waals surface area contributed by atoms with Gasteiger partial charge in [0.05, 0.1) is 9.31 Å². The fourth-order valence-corrected chi connectivity index (χ4v) is 3.55. The normalized spacial score (nSPS) is 43.2. The van der Waals surface area contributed by atoms with E-state index >= 15 is 0 Å². The molecule has 0 bridgehead atoms. The summed E-state index contributed by atoms with van der Waals surface area (Å²) in [4.78, 5) is 23.4. The Morgan fingerprint density at radius 1 is 1.20 bits per heavy atom. The Kier molecular flexibility index (Phi) is 6.30. The SMILES string of the molecule is CC1(CO)C(C=C(Br)Br)C1C(=O)O[C@@H]1O[C@H](C(=O)O)[C@@H](O)[C@H](O)[C@H]1O. The summed E-state index contributed by atoms with van der Waals surface area (Å²) in [6.45, 7) is 1.37. The van der Waals surface area contributed by atoms with Gasteiger partial charge in [-0.05, 0) is 31.9 Å². The molecule has 0 spiro atoms. The Hall–Kier alpha value is -0.560. The third-order valence-electron chi connectivity index (χ3n) is 4.67. The predicted molar refractivity (Wildman–Crippen MR) is 88.5 cm³/mol. The standard InChI is InChI=1S/C14H18Br2O9/c1-14(3-17)4(2-5(15)16)6(14)12(23)25-13-9(20)7(18)8(19)10(24-13)11(21)22/h2,4,6-10,13,17-20H,3H2,1H3,(H,21,22)/t4?,6?,7-,8-,9+,10-,13-,14?/m0/s1. The maximum Gasteiger partial charge on any atom is 0.335 e. The number of aliphatic hydroxyl groups is 4. The lowest BCUT2D eigenvalue weighted by molar-refractivity contribution is -0.287. The molecule has 0 aromatic rings. The van der Waals surface area contributed by atoms with E-state index in [0.717, 1.165) is 0 Å². The topological polar surface area (TPSA) is 154 Å². The Morgan fingerprint density at radius 2 is 1.80 bits per heavy atom. The highest BCUT2D eigenvalue weighted by molar-refractivity contribution is 9.28. The number of allylic oxidation sites excluding steroid dienone is 1. The minimum absolute atomic E-state index is 0.297. The molecule has 2 rings (SSSR count). The molecule has 142 valence electrons. The van der Waals surface area contributed by atoms with Crippen LogP contribution in [-0.2, 0) is 19.1 Å². The average Bonchev–Trinajstić information content (AvgIpc) is 3.11. The first-order valence-corrected chi connectivity index (χ1v) is 8.89. The van der Waals surface area contributed by atoms with Crippen molar-refractivity contribution in [3.05, 3.63) is 9.47 Å². The average molecular weight is 490 g/mol. The van der Waals surface area contributed by atoms with Crippen LogP contribution in [0, 0.1) is 17.3 Å². The van der Waals surface area contributed by atoms with Gasteiger partial charge in [-0.25, -0.2) is 4.79 Å². The van der Waals surface area contributed by atoms with Crippen molar-refractivity contribution in [2.24, 2.45) is 17.3 Å². The molecule has 1 heterocycles. The van der Waals surface area contributed by atoms with Crippen LogP contribution in [0.1, 0.15) is 6.92 Å². The highest BCUT2D eigenvalue weighted by Gasteiger charge is 2.65.